The summed E-state index contributed by atoms with van der Waals surface area (Å²) in [5, 5.41) is 0. The number of amides is 1. The van der Waals surface area contributed by atoms with Crippen LogP contribution in [0.1, 0.15) is 44.1 Å². The lowest BCUT2D eigenvalue weighted by Gasteiger charge is -2.31. The minimum absolute atomic E-state index is 0.222. The van der Waals surface area contributed by atoms with Gasteiger partial charge in [-0.15, -0.1) is 0 Å². The lowest BCUT2D eigenvalue weighted by atomic mass is 9.87. The molecule has 0 aromatic heterocycles. The average Bonchev–Trinajstić information content (AvgIpc) is 3.06. The molecule has 1 amide bonds. The summed E-state index contributed by atoms with van der Waals surface area (Å²) < 4.78 is 10.4. The molecule has 2 atom stereocenters. The molecule has 1 aromatic rings. The van der Waals surface area contributed by atoms with E-state index in [0.717, 1.165) is 25.8 Å². The van der Waals surface area contributed by atoms with Crippen molar-refractivity contribution in [2.24, 2.45) is 0 Å². The van der Waals surface area contributed by atoms with Crippen LogP contribution in [-0.2, 0) is 14.3 Å². The fourth-order valence-electron chi connectivity index (χ4n) is 3.50. The van der Waals surface area contributed by atoms with E-state index >= 15 is 0 Å². The van der Waals surface area contributed by atoms with Gasteiger partial charge in [0.1, 0.15) is 0 Å². The van der Waals surface area contributed by atoms with Gasteiger partial charge < -0.3 is 14.4 Å². The minimum Gasteiger partial charge on any atom is -0.382 e. The van der Waals surface area contributed by atoms with E-state index in [-0.39, 0.29) is 5.91 Å². The van der Waals surface area contributed by atoms with Gasteiger partial charge >= 0.3 is 0 Å². The van der Waals surface area contributed by atoms with Crippen LogP contribution in [0.3, 0.4) is 0 Å². The molecule has 1 aromatic carbocycles. The summed E-state index contributed by atoms with van der Waals surface area (Å²) in [4.78, 5) is 14.6. The smallest absolute Gasteiger partial charge is 0.225 e. The molecule has 0 unspecified atom stereocenters. The largest absolute Gasteiger partial charge is 0.382 e. The normalized spacial score (nSPS) is 19.0. The molecule has 0 bridgehead atoms. The summed E-state index contributed by atoms with van der Waals surface area (Å²) in [5.74, 6) is 0.649. The lowest BCUT2D eigenvalue weighted by molar-refractivity contribution is -0.133. The van der Waals surface area contributed by atoms with E-state index in [1.54, 1.807) is 7.11 Å². The monoisotopic (exact) mass is 319 g/mol. The van der Waals surface area contributed by atoms with E-state index in [1.165, 1.54) is 5.56 Å². The van der Waals surface area contributed by atoms with Crippen LogP contribution in [0.2, 0.25) is 0 Å². The Bertz CT molecular complexity index is 463. The highest BCUT2D eigenvalue weighted by atomic mass is 16.5. The summed E-state index contributed by atoms with van der Waals surface area (Å²) >= 11 is 0. The van der Waals surface area contributed by atoms with E-state index in [9.17, 15) is 4.79 Å². The SMILES string of the molecule is CC[C@H](c1ccccc1)[C@@H]1CCCN1C(=O)CCOCCOC. The third-order valence-corrected chi connectivity index (χ3v) is 4.64. The Balaban J connectivity index is 1.92. The van der Waals surface area contributed by atoms with Crippen molar-refractivity contribution in [1.82, 2.24) is 4.90 Å². The molecule has 2 rings (SSSR count). The maximum absolute atomic E-state index is 12.6. The van der Waals surface area contributed by atoms with Gasteiger partial charge in [0.05, 0.1) is 26.2 Å². The van der Waals surface area contributed by atoms with E-state index in [0.29, 0.717) is 38.2 Å². The van der Waals surface area contributed by atoms with Gasteiger partial charge in [0.25, 0.3) is 0 Å². The first kappa shape index (κ1) is 18.0. The third kappa shape index (κ3) is 5.05. The second-order valence-corrected chi connectivity index (χ2v) is 6.08. The third-order valence-electron chi connectivity index (χ3n) is 4.64. The molecule has 4 nitrogen and oxygen atoms in total. The number of rotatable bonds is 9. The van der Waals surface area contributed by atoms with Gasteiger partial charge in [-0.2, -0.15) is 0 Å². The molecule has 0 N–H and O–H groups in total. The van der Waals surface area contributed by atoms with Crippen molar-refractivity contribution in [2.45, 2.75) is 44.6 Å². The molecule has 4 heteroatoms. The molecular weight excluding hydrogens is 290 g/mol. The first-order valence-electron chi connectivity index (χ1n) is 8.69. The molecule has 1 heterocycles. The second-order valence-electron chi connectivity index (χ2n) is 6.08. The average molecular weight is 319 g/mol. The van der Waals surface area contributed by atoms with Gasteiger partial charge in [0.15, 0.2) is 0 Å². The van der Waals surface area contributed by atoms with Crippen molar-refractivity contribution in [3.63, 3.8) is 0 Å². The maximum atomic E-state index is 12.6. The Kier molecular flexibility index (Phi) is 7.56. The first-order chi connectivity index (χ1) is 11.3. The molecule has 0 spiro atoms. The van der Waals surface area contributed by atoms with Gasteiger partial charge in [0.2, 0.25) is 5.91 Å². The van der Waals surface area contributed by atoms with Crippen LogP contribution < -0.4 is 0 Å². The Morgan fingerprint density at radius 1 is 1.26 bits per heavy atom. The Morgan fingerprint density at radius 3 is 2.74 bits per heavy atom. The van der Waals surface area contributed by atoms with Crippen molar-refractivity contribution in [3.8, 4) is 0 Å². The number of hydrogen-bond donors (Lipinski definition) is 0. The van der Waals surface area contributed by atoms with Gasteiger partial charge in [0, 0.05) is 25.6 Å². The van der Waals surface area contributed by atoms with Crippen LogP contribution in [-0.4, -0.2) is 50.3 Å². The van der Waals surface area contributed by atoms with Gasteiger partial charge in [-0.1, -0.05) is 37.3 Å². The van der Waals surface area contributed by atoms with Crippen molar-refractivity contribution in [1.29, 1.82) is 0 Å². The van der Waals surface area contributed by atoms with Crippen molar-refractivity contribution < 1.29 is 14.3 Å². The zero-order chi connectivity index (χ0) is 16.5. The van der Waals surface area contributed by atoms with Crippen LogP contribution in [0.5, 0.6) is 0 Å². The number of carbonyl (C=O) groups is 1. The van der Waals surface area contributed by atoms with Crippen molar-refractivity contribution in [2.75, 3.05) is 33.5 Å². The van der Waals surface area contributed by atoms with Crippen LogP contribution in [0.25, 0.3) is 0 Å². The minimum atomic E-state index is 0.222. The van der Waals surface area contributed by atoms with E-state index in [4.69, 9.17) is 9.47 Å². The molecule has 128 valence electrons. The molecule has 0 saturated carbocycles. The fraction of sp³-hybridized carbons (Fsp3) is 0.632. The highest BCUT2D eigenvalue weighted by Crippen LogP contribution is 2.33. The Morgan fingerprint density at radius 2 is 2.04 bits per heavy atom. The standard InChI is InChI=1S/C19H29NO3/c1-3-17(16-8-5-4-6-9-16)18-10-7-12-20(18)19(21)11-13-23-15-14-22-2/h4-6,8-9,17-18H,3,7,10-15H2,1-2H3/t17-,18+/m1/s1. The first-order valence-corrected chi connectivity index (χ1v) is 8.69. The molecule has 1 fully saturated rings. The molecule has 0 aliphatic carbocycles. The number of nitrogens with zero attached hydrogens (tertiary/aromatic N) is 1. The predicted octanol–water partition coefficient (Wildman–Crippen LogP) is 3.22. The van der Waals surface area contributed by atoms with Gasteiger partial charge in [-0.25, -0.2) is 0 Å². The van der Waals surface area contributed by atoms with Crippen LogP contribution in [0, 0.1) is 0 Å². The molecule has 0 radical (unpaired) electrons. The molecule has 1 saturated heterocycles. The highest BCUT2D eigenvalue weighted by molar-refractivity contribution is 5.77. The molecule has 1 aliphatic rings. The number of ether oxygens (including phenoxy) is 2. The van der Waals surface area contributed by atoms with Crippen LogP contribution >= 0.6 is 0 Å². The van der Waals surface area contributed by atoms with Crippen molar-refractivity contribution >= 4 is 5.91 Å². The molecule has 1 aliphatic heterocycles. The maximum Gasteiger partial charge on any atom is 0.225 e. The fourth-order valence-corrected chi connectivity index (χ4v) is 3.50. The number of likely N-dealkylation sites (tertiary alicyclic amines) is 1. The van der Waals surface area contributed by atoms with Gasteiger partial charge in [-0.3, -0.25) is 4.79 Å². The van der Waals surface area contributed by atoms with Gasteiger partial charge in [-0.05, 0) is 24.8 Å². The Hall–Kier alpha value is -1.39. The summed E-state index contributed by atoms with van der Waals surface area (Å²) in [6, 6.07) is 10.9. The molecule has 23 heavy (non-hydrogen) atoms. The zero-order valence-corrected chi connectivity index (χ0v) is 14.4. The zero-order valence-electron chi connectivity index (χ0n) is 14.4. The van der Waals surface area contributed by atoms with E-state index < -0.39 is 0 Å². The predicted molar refractivity (Wildman–Crippen MR) is 91.5 cm³/mol. The van der Waals surface area contributed by atoms with Crippen LogP contribution in [0.15, 0.2) is 30.3 Å². The number of benzene rings is 1. The summed E-state index contributed by atoms with van der Waals surface area (Å²) in [6.45, 7) is 4.70. The Labute approximate surface area is 139 Å². The number of methoxy groups -OCH3 is 1. The van der Waals surface area contributed by atoms with Crippen molar-refractivity contribution in [3.05, 3.63) is 35.9 Å². The van der Waals surface area contributed by atoms with E-state index in [2.05, 4.69) is 36.1 Å². The summed E-state index contributed by atoms with van der Waals surface area (Å²) in [5.41, 5.74) is 1.34. The highest BCUT2D eigenvalue weighted by Gasteiger charge is 2.34. The summed E-state index contributed by atoms with van der Waals surface area (Å²) in [7, 11) is 1.65. The topological polar surface area (TPSA) is 38.8 Å². The van der Waals surface area contributed by atoms with E-state index in [1.807, 2.05) is 6.07 Å². The quantitative estimate of drug-likeness (QED) is 0.656. The number of carbonyl (C=O) groups excluding carboxylic acids is 1. The summed E-state index contributed by atoms with van der Waals surface area (Å²) in [6.07, 6.45) is 3.72. The number of hydrogen-bond acceptors (Lipinski definition) is 3. The molecular formula is C19H29NO3. The lowest BCUT2D eigenvalue weighted by Crippen LogP contribution is -2.39. The van der Waals surface area contributed by atoms with Crippen LogP contribution in [0.4, 0.5) is 0 Å². The second kappa shape index (κ2) is 9.68.